The highest BCUT2D eigenvalue weighted by Crippen LogP contribution is 2.27. The van der Waals surface area contributed by atoms with E-state index in [4.69, 9.17) is 17.3 Å². The molecule has 0 spiro atoms. The van der Waals surface area contributed by atoms with Gasteiger partial charge < -0.3 is 5.73 Å². The van der Waals surface area contributed by atoms with Gasteiger partial charge in [-0.25, -0.2) is 17.8 Å². The number of nitrogens with two attached hydrogens (primary N) is 1. The van der Waals surface area contributed by atoms with Crippen LogP contribution in [0.1, 0.15) is 0 Å². The predicted octanol–water partition coefficient (Wildman–Crippen LogP) is 3.02. The molecule has 0 fully saturated rings. The third kappa shape index (κ3) is 3.02. The monoisotopic (exact) mass is 379 g/mol. The summed E-state index contributed by atoms with van der Waals surface area (Å²) in [6.07, 6.45) is 1.21. The second-order valence-corrected chi connectivity index (χ2v) is 6.59. The molecule has 0 saturated heterocycles. The van der Waals surface area contributed by atoms with Gasteiger partial charge in [-0.2, -0.15) is 0 Å². The molecule has 0 radical (unpaired) electrons. The van der Waals surface area contributed by atoms with Crippen LogP contribution in [0, 0.1) is 5.82 Å². The van der Waals surface area contributed by atoms with E-state index in [1.54, 1.807) is 0 Å². The second kappa shape index (κ2) is 5.55. The van der Waals surface area contributed by atoms with Gasteiger partial charge in [-0.3, -0.25) is 4.72 Å². The minimum Gasteiger partial charge on any atom is -0.398 e. The molecule has 0 amide bonds. The summed E-state index contributed by atoms with van der Waals surface area (Å²) in [7, 11) is -4.16. The van der Waals surface area contributed by atoms with E-state index in [0.29, 0.717) is 4.47 Å². The number of anilines is 2. The van der Waals surface area contributed by atoms with Crippen molar-refractivity contribution >= 4 is 48.9 Å². The average Bonchev–Trinajstić information content (AvgIpc) is 2.33. The van der Waals surface area contributed by atoms with Gasteiger partial charge in [0.25, 0.3) is 10.0 Å². The van der Waals surface area contributed by atoms with E-state index >= 15 is 0 Å². The fourth-order valence-electron chi connectivity index (χ4n) is 1.49. The zero-order chi connectivity index (χ0) is 14.9. The zero-order valence-electron chi connectivity index (χ0n) is 9.77. The number of sulfonamides is 1. The van der Waals surface area contributed by atoms with E-state index in [9.17, 15) is 12.8 Å². The Morgan fingerprint density at radius 3 is 2.70 bits per heavy atom. The maximum Gasteiger partial charge on any atom is 0.266 e. The normalized spacial score (nSPS) is 11.3. The predicted molar refractivity (Wildman–Crippen MR) is 78.6 cm³/mol. The van der Waals surface area contributed by atoms with Crippen LogP contribution in [0.5, 0.6) is 0 Å². The number of aromatic nitrogens is 1. The molecule has 2 rings (SSSR count). The number of nitrogen functional groups attached to an aromatic ring is 1. The lowest BCUT2D eigenvalue weighted by Crippen LogP contribution is -2.16. The maximum atomic E-state index is 13.6. The number of halogens is 3. The lowest BCUT2D eigenvalue weighted by atomic mass is 10.3. The Kier molecular flexibility index (Phi) is 4.17. The summed E-state index contributed by atoms with van der Waals surface area (Å²) in [5, 5.41) is 0.179. The number of benzene rings is 1. The van der Waals surface area contributed by atoms with E-state index < -0.39 is 20.7 Å². The van der Waals surface area contributed by atoms with Gasteiger partial charge in [-0.15, -0.1) is 0 Å². The van der Waals surface area contributed by atoms with Crippen LogP contribution in [-0.2, 0) is 10.0 Å². The molecular weight excluding hydrogens is 373 g/mol. The fraction of sp³-hybridized carbons (Fsp3) is 0. The van der Waals surface area contributed by atoms with Crippen molar-refractivity contribution in [1.82, 2.24) is 4.98 Å². The molecule has 0 bridgehead atoms. The molecule has 9 heteroatoms. The zero-order valence-corrected chi connectivity index (χ0v) is 12.9. The molecule has 0 aliphatic heterocycles. The fourth-order valence-corrected chi connectivity index (χ4v) is 3.17. The van der Waals surface area contributed by atoms with Crippen LogP contribution in [0.2, 0.25) is 5.15 Å². The molecule has 0 atom stereocenters. The number of hydrogen-bond acceptors (Lipinski definition) is 4. The van der Waals surface area contributed by atoms with Crippen LogP contribution in [0.4, 0.5) is 15.8 Å². The van der Waals surface area contributed by atoms with Gasteiger partial charge >= 0.3 is 0 Å². The largest absolute Gasteiger partial charge is 0.398 e. The Hall–Kier alpha value is -1.38. The lowest BCUT2D eigenvalue weighted by Gasteiger charge is -2.11. The molecule has 1 heterocycles. The van der Waals surface area contributed by atoms with E-state index in [2.05, 4.69) is 25.6 Å². The number of pyridine rings is 1. The first-order valence-electron chi connectivity index (χ1n) is 5.19. The highest BCUT2D eigenvalue weighted by atomic mass is 79.9. The number of hydrogen-bond donors (Lipinski definition) is 2. The summed E-state index contributed by atoms with van der Waals surface area (Å²) in [5.41, 5.74) is 5.46. The summed E-state index contributed by atoms with van der Waals surface area (Å²) >= 11 is 8.81. The minimum atomic E-state index is -4.16. The number of nitrogens with zero attached hydrogens (tertiary/aromatic N) is 1. The van der Waals surface area contributed by atoms with Crippen LogP contribution >= 0.6 is 27.5 Å². The van der Waals surface area contributed by atoms with E-state index in [-0.39, 0.29) is 16.5 Å². The van der Waals surface area contributed by atoms with Crippen LogP contribution in [0.15, 0.2) is 39.8 Å². The Balaban J connectivity index is 2.43. The molecule has 0 aliphatic rings. The Labute approximate surface area is 128 Å². The van der Waals surface area contributed by atoms with Gasteiger partial charge in [-0.05, 0) is 34.1 Å². The van der Waals surface area contributed by atoms with E-state index in [1.807, 2.05) is 0 Å². The molecule has 0 unspecified atom stereocenters. The summed E-state index contributed by atoms with van der Waals surface area (Å²) < 4.78 is 40.5. The van der Waals surface area contributed by atoms with Gasteiger partial charge in [0.05, 0.1) is 22.0 Å². The highest BCUT2D eigenvalue weighted by Gasteiger charge is 2.22. The standard InChI is InChI=1S/C11H8BrClFN3O2S/c12-7-4-6(5-16-11(7)13)17-20(18,19)10-8(14)2-1-3-9(10)15/h1-5,17H,15H2. The maximum absolute atomic E-state index is 13.6. The molecule has 2 aromatic rings. The topological polar surface area (TPSA) is 85.1 Å². The molecule has 1 aromatic heterocycles. The van der Waals surface area contributed by atoms with Crippen LogP contribution in [0.3, 0.4) is 0 Å². The molecule has 106 valence electrons. The Morgan fingerprint density at radius 1 is 1.40 bits per heavy atom. The summed E-state index contributed by atoms with van der Waals surface area (Å²) in [6.45, 7) is 0. The second-order valence-electron chi connectivity index (χ2n) is 3.76. The summed E-state index contributed by atoms with van der Waals surface area (Å²) in [6, 6.07) is 5.04. The van der Waals surface area contributed by atoms with Crippen molar-refractivity contribution in [1.29, 1.82) is 0 Å². The minimum absolute atomic E-state index is 0.129. The van der Waals surface area contributed by atoms with Gasteiger partial charge in [0, 0.05) is 0 Å². The number of nitrogens with one attached hydrogen (secondary N) is 1. The average molecular weight is 381 g/mol. The Morgan fingerprint density at radius 2 is 2.10 bits per heavy atom. The third-order valence-electron chi connectivity index (χ3n) is 2.31. The first-order chi connectivity index (χ1) is 9.31. The van der Waals surface area contributed by atoms with Crippen LogP contribution in [0.25, 0.3) is 0 Å². The summed E-state index contributed by atoms with van der Waals surface area (Å²) in [5.74, 6) is -0.932. The molecule has 5 nitrogen and oxygen atoms in total. The van der Waals surface area contributed by atoms with Gasteiger partial charge in [0.1, 0.15) is 15.9 Å². The molecular formula is C11H8BrClFN3O2S. The van der Waals surface area contributed by atoms with Gasteiger partial charge in [0.2, 0.25) is 0 Å². The third-order valence-corrected chi connectivity index (χ3v) is 4.92. The first-order valence-corrected chi connectivity index (χ1v) is 7.84. The van der Waals surface area contributed by atoms with Crippen molar-refractivity contribution in [2.75, 3.05) is 10.5 Å². The van der Waals surface area contributed by atoms with Crippen molar-refractivity contribution in [2.24, 2.45) is 0 Å². The van der Waals surface area contributed by atoms with Crippen LogP contribution < -0.4 is 10.5 Å². The first kappa shape index (κ1) is 15.0. The van der Waals surface area contributed by atoms with Gasteiger partial charge in [-0.1, -0.05) is 17.7 Å². The quantitative estimate of drug-likeness (QED) is 0.633. The molecule has 20 heavy (non-hydrogen) atoms. The van der Waals surface area contributed by atoms with E-state index in [0.717, 1.165) is 6.07 Å². The lowest BCUT2D eigenvalue weighted by molar-refractivity contribution is 0.572. The molecule has 0 aliphatic carbocycles. The summed E-state index contributed by atoms with van der Waals surface area (Å²) in [4.78, 5) is 3.16. The van der Waals surface area contributed by atoms with Crippen LogP contribution in [-0.4, -0.2) is 13.4 Å². The van der Waals surface area contributed by atoms with Gasteiger partial charge in [0.15, 0.2) is 0 Å². The molecule has 0 saturated carbocycles. The van der Waals surface area contributed by atoms with Crippen molar-refractivity contribution < 1.29 is 12.8 Å². The van der Waals surface area contributed by atoms with E-state index in [1.165, 1.54) is 24.4 Å². The molecule has 1 aromatic carbocycles. The Bertz CT molecular complexity index is 750. The highest BCUT2D eigenvalue weighted by molar-refractivity contribution is 9.10. The molecule has 3 N–H and O–H groups in total. The SMILES string of the molecule is Nc1cccc(F)c1S(=O)(=O)Nc1cnc(Cl)c(Br)c1. The van der Waals surface area contributed by atoms with Crippen molar-refractivity contribution in [2.45, 2.75) is 4.90 Å². The van der Waals surface area contributed by atoms with Crippen molar-refractivity contribution in [3.8, 4) is 0 Å². The van der Waals surface area contributed by atoms with Crippen molar-refractivity contribution in [3.05, 3.63) is 45.9 Å². The van der Waals surface area contributed by atoms with Crippen molar-refractivity contribution in [3.63, 3.8) is 0 Å². The smallest absolute Gasteiger partial charge is 0.266 e. The number of rotatable bonds is 3.